The van der Waals surface area contributed by atoms with Gasteiger partial charge in [-0.25, -0.2) is 13.8 Å². The summed E-state index contributed by atoms with van der Waals surface area (Å²) < 4.78 is 57.7. The van der Waals surface area contributed by atoms with Crippen LogP contribution in [0.25, 0.3) is 0 Å². The number of ether oxygens (including phenoxy) is 1. The Hall–Kier alpha value is -2.02. The molecule has 0 radical (unpaired) electrons. The number of rotatable bonds is 4. The van der Waals surface area contributed by atoms with Crippen molar-refractivity contribution in [2.45, 2.75) is 6.61 Å². The predicted molar refractivity (Wildman–Crippen MR) is 69.4 cm³/mol. The zero-order chi connectivity index (χ0) is 15.6. The van der Waals surface area contributed by atoms with Crippen molar-refractivity contribution in [1.29, 1.82) is 0 Å². The average molecular weight is 321 g/mol. The van der Waals surface area contributed by atoms with Gasteiger partial charge in [-0.1, -0.05) is 11.6 Å². The van der Waals surface area contributed by atoms with E-state index in [1.807, 2.05) is 0 Å². The summed E-state index contributed by atoms with van der Waals surface area (Å²) in [6.07, 6.45) is 0. The summed E-state index contributed by atoms with van der Waals surface area (Å²) in [7, 11) is 1.61. The predicted octanol–water partition coefficient (Wildman–Crippen LogP) is 3.91. The first-order valence-electron chi connectivity index (χ1n) is 5.73. The molecule has 0 aliphatic carbocycles. The highest BCUT2D eigenvalue weighted by Crippen LogP contribution is 2.28. The minimum atomic E-state index is -1.62. The molecule has 3 nitrogen and oxygen atoms in total. The summed E-state index contributed by atoms with van der Waals surface area (Å²) in [6.45, 7) is -0.453. The molecule has 1 aromatic heterocycles. The van der Waals surface area contributed by atoms with Crippen molar-refractivity contribution >= 4 is 17.4 Å². The van der Waals surface area contributed by atoms with Crippen molar-refractivity contribution in [3.05, 3.63) is 52.2 Å². The largest absolute Gasteiger partial charge is 0.481 e. The van der Waals surface area contributed by atoms with Gasteiger partial charge in [0.05, 0.1) is 10.7 Å². The quantitative estimate of drug-likeness (QED) is 0.685. The summed E-state index contributed by atoms with van der Waals surface area (Å²) in [6, 6.07) is 3.18. The number of hydrogen-bond donors (Lipinski definition) is 1. The molecule has 0 bridgehead atoms. The molecule has 1 heterocycles. The van der Waals surface area contributed by atoms with Gasteiger partial charge in [-0.15, -0.1) is 0 Å². The molecule has 112 valence electrons. The molecule has 0 amide bonds. The molecule has 0 aliphatic rings. The fourth-order valence-electron chi connectivity index (χ4n) is 1.54. The Morgan fingerprint density at radius 2 is 1.76 bits per heavy atom. The third-order valence-corrected chi connectivity index (χ3v) is 2.94. The second-order valence-electron chi connectivity index (χ2n) is 3.96. The van der Waals surface area contributed by atoms with E-state index in [1.54, 1.807) is 13.1 Å². The smallest absolute Gasteiger partial charge is 0.203 e. The van der Waals surface area contributed by atoms with E-state index < -0.39 is 35.6 Å². The van der Waals surface area contributed by atoms with Crippen molar-refractivity contribution in [3.8, 4) is 5.75 Å². The van der Waals surface area contributed by atoms with Crippen LogP contribution in [0, 0.1) is 23.3 Å². The highest BCUT2D eigenvalue weighted by molar-refractivity contribution is 6.31. The van der Waals surface area contributed by atoms with Gasteiger partial charge >= 0.3 is 0 Å². The molecule has 0 saturated carbocycles. The molecule has 0 fully saturated rings. The van der Waals surface area contributed by atoms with E-state index in [9.17, 15) is 17.6 Å². The molecule has 1 N–H and O–H groups in total. The normalized spacial score (nSPS) is 10.6. The Kier molecular flexibility index (Phi) is 4.52. The summed E-state index contributed by atoms with van der Waals surface area (Å²) >= 11 is 5.86. The van der Waals surface area contributed by atoms with Crippen LogP contribution in [-0.2, 0) is 6.61 Å². The molecule has 0 atom stereocenters. The third-order valence-electron chi connectivity index (χ3n) is 2.60. The first-order valence-corrected chi connectivity index (χ1v) is 6.10. The van der Waals surface area contributed by atoms with Gasteiger partial charge in [-0.3, -0.25) is 0 Å². The van der Waals surface area contributed by atoms with Crippen molar-refractivity contribution in [3.63, 3.8) is 0 Å². The van der Waals surface area contributed by atoms with Crippen LogP contribution in [0.2, 0.25) is 5.02 Å². The molecule has 2 rings (SSSR count). The Balaban J connectivity index is 2.28. The SMILES string of the molecule is CNc1ccc(Cl)c(COc2c(F)c(F)cc(F)c2F)n1. The highest BCUT2D eigenvalue weighted by atomic mass is 35.5. The van der Waals surface area contributed by atoms with Crippen molar-refractivity contribution in [2.24, 2.45) is 0 Å². The van der Waals surface area contributed by atoms with E-state index in [-0.39, 0.29) is 16.8 Å². The van der Waals surface area contributed by atoms with E-state index in [4.69, 9.17) is 16.3 Å². The van der Waals surface area contributed by atoms with Gasteiger partial charge < -0.3 is 10.1 Å². The Morgan fingerprint density at radius 1 is 1.14 bits per heavy atom. The zero-order valence-corrected chi connectivity index (χ0v) is 11.4. The fraction of sp³-hybridized carbons (Fsp3) is 0.154. The second-order valence-corrected chi connectivity index (χ2v) is 4.37. The number of benzene rings is 1. The van der Waals surface area contributed by atoms with Gasteiger partial charge in [-0.2, -0.15) is 8.78 Å². The number of nitrogens with one attached hydrogen (secondary N) is 1. The first kappa shape index (κ1) is 15.4. The van der Waals surface area contributed by atoms with Crippen LogP contribution < -0.4 is 10.1 Å². The number of hydrogen-bond acceptors (Lipinski definition) is 3. The standard InChI is InChI=1S/C13H9ClF4N2O/c1-19-10-3-2-6(14)9(20-10)5-21-13-11(17)7(15)4-8(16)12(13)18/h2-4H,5H2,1H3,(H,19,20). The molecule has 0 saturated heterocycles. The van der Waals surface area contributed by atoms with Gasteiger partial charge in [0.1, 0.15) is 12.4 Å². The fourth-order valence-corrected chi connectivity index (χ4v) is 1.70. The van der Waals surface area contributed by atoms with Crippen molar-refractivity contribution in [2.75, 3.05) is 12.4 Å². The number of halogens is 5. The lowest BCUT2D eigenvalue weighted by molar-refractivity contribution is 0.258. The van der Waals surface area contributed by atoms with Gasteiger partial charge in [0.15, 0.2) is 17.4 Å². The van der Waals surface area contributed by atoms with Crippen LogP contribution in [0.3, 0.4) is 0 Å². The molecule has 0 unspecified atom stereocenters. The summed E-state index contributed by atoms with van der Waals surface area (Å²) in [5.41, 5.74) is 0.159. The summed E-state index contributed by atoms with van der Waals surface area (Å²) in [4.78, 5) is 4.01. The van der Waals surface area contributed by atoms with E-state index in [0.717, 1.165) is 0 Å². The maximum absolute atomic E-state index is 13.4. The van der Waals surface area contributed by atoms with Crippen molar-refractivity contribution < 1.29 is 22.3 Å². The van der Waals surface area contributed by atoms with E-state index in [1.165, 1.54) is 6.07 Å². The van der Waals surface area contributed by atoms with Crippen LogP contribution in [0.5, 0.6) is 5.75 Å². The third kappa shape index (κ3) is 3.18. The number of anilines is 1. The van der Waals surface area contributed by atoms with Gasteiger partial charge in [-0.05, 0) is 12.1 Å². The number of nitrogens with zero attached hydrogens (tertiary/aromatic N) is 1. The molecule has 1 aromatic carbocycles. The van der Waals surface area contributed by atoms with Crippen LogP contribution in [-0.4, -0.2) is 12.0 Å². The minimum absolute atomic E-state index is 0.102. The number of aromatic nitrogens is 1. The minimum Gasteiger partial charge on any atom is -0.481 e. The monoisotopic (exact) mass is 320 g/mol. The highest BCUT2D eigenvalue weighted by Gasteiger charge is 2.21. The Morgan fingerprint density at radius 3 is 2.33 bits per heavy atom. The maximum Gasteiger partial charge on any atom is 0.203 e. The van der Waals surface area contributed by atoms with E-state index >= 15 is 0 Å². The molecule has 21 heavy (non-hydrogen) atoms. The summed E-state index contributed by atoms with van der Waals surface area (Å²) in [5, 5.41) is 2.93. The van der Waals surface area contributed by atoms with Crippen LogP contribution >= 0.6 is 11.6 Å². The van der Waals surface area contributed by atoms with Crippen LogP contribution in [0.4, 0.5) is 23.4 Å². The van der Waals surface area contributed by atoms with Gasteiger partial charge in [0.2, 0.25) is 11.6 Å². The molecule has 2 aromatic rings. The molecule has 8 heteroatoms. The second kappa shape index (κ2) is 6.17. The van der Waals surface area contributed by atoms with Gasteiger partial charge in [0.25, 0.3) is 0 Å². The Bertz CT molecular complexity index is 655. The topological polar surface area (TPSA) is 34.1 Å². The lowest BCUT2D eigenvalue weighted by Gasteiger charge is -2.11. The maximum atomic E-state index is 13.4. The number of pyridine rings is 1. The lowest BCUT2D eigenvalue weighted by Crippen LogP contribution is -2.06. The zero-order valence-electron chi connectivity index (χ0n) is 10.7. The van der Waals surface area contributed by atoms with Crippen LogP contribution in [0.1, 0.15) is 5.69 Å². The average Bonchev–Trinajstić information content (AvgIpc) is 2.47. The van der Waals surface area contributed by atoms with Crippen LogP contribution in [0.15, 0.2) is 18.2 Å². The molecule has 0 spiro atoms. The lowest BCUT2D eigenvalue weighted by atomic mass is 10.3. The molecule has 0 aliphatic heterocycles. The van der Waals surface area contributed by atoms with E-state index in [2.05, 4.69) is 10.3 Å². The Labute approximate surface area is 122 Å². The van der Waals surface area contributed by atoms with Gasteiger partial charge in [0, 0.05) is 13.1 Å². The summed E-state index contributed by atoms with van der Waals surface area (Å²) in [5.74, 6) is -7.03. The van der Waals surface area contributed by atoms with E-state index in [0.29, 0.717) is 5.82 Å². The molecular formula is C13H9ClF4N2O. The van der Waals surface area contributed by atoms with Crippen molar-refractivity contribution in [1.82, 2.24) is 4.98 Å². The first-order chi connectivity index (χ1) is 9.93. The molecular weight excluding hydrogens is 312 g/mol.